The summed E-state index contributed by atoms with van der Waals surface area (Å²) in [6.45, 7) is 3.29. The Morgan fingerprint density at radius 1 is 1.25 bits per heavy atom. The van der Waals surface area contributed by atoms with E-state index in [0.717, 1.165) is 18.8 Å². The maximum atomic E-state index is 12.1. The van der Waals surface area contributed by atoms with Crippen LogP contribution in [0.3, 0.4) is 0 Å². The average Bonchev–Trinajstić information content (AvgIpc) is 2.88. The molecule has 1 aromatic rings. The van der Waals surface area contributed by atoms with Gasteiger partial charge in [0.15, 0.2) is 0 Å². The highest BCUT2D eigenvalue weighted by atomic mass is 32.2. The summed E-state index contributed by atoms with van der Waals surface area (Å²) in [7, 11) is -1.72. The molecule has 0 spiro atoms. The Bertz CT molecular complexity index is 516. The molecule has 0 aromatic carbocycles. The standard InChI is InChI=1S/C14H24N2O3S/c1-11-3-5-12(6-4-11)9-16-20(17,18)14-8-7-13(19-14)10-15-2/h7-8,11-12,15-16H,3-6,9-10H2,1-2H3. The van der Waals surface area contributed by atoms with Crippen molar-refractivity contribution in [1.29, 1.82) is 0 Å². The summed E-state index contributed by atoms with van der Waals surface area (Å²) < 4.78 is 32.3. The molecule has 1 aliphatic carbocycles. The number of rotatable bonds is 6. The third-order valence-corrected chi connectivity index (χ3v) is 5.25. The second-order valence-corrected chi connectivity index (χ2v) is 7.43. The fourth-order valence-corrected chi connectivity index (χ4v) is 3.67. The molecule has 0 amide bonds. The molecular weight excluding hydrogens is 276 g/mol. The molecule has 0 atom stereocenters. The Labute approximate surface area is 121 Å². The predicted molar refractivity (Wildman–Crippen MR) is 77.8 cm³/mol. The van der Waals surface area contributed by atoms with E-state index in [1.165, 1.54) is 18.9 Å². The number of furan rings is 1. The molecule has 0 bridgehead atoms. The van der Waals surface area contributed by atoms with Gasteiger partial charge < -0.3 is 9.73 Å². The van der Waals surface area contributed by atoms with Crippen LogP contribution in [0.25, 0.3) is 0 Å². The summed E-state index contributed by atoms with van der Waals surface area (Å²) in [4.78, 5) is 0. The van der Waals surface area contributed by atoms with E-state index >= 15 is 0 Å². The van der Waals surface area contributed by atoms with Crippen molar-refractivity contribution in [2.24, 2.45) is 11.8 Å². The third kappa shape index (κ3) is 4.07. The molecule has 0 radical (unpaired) electrons. The van der Waals surface area contributed by atoms with Crippen LogP contribution in [0.2, 0.25) is 0 Å². The molecule has 2 rings (SSSR count). The van der Waals surface area contributed by atoms with Gasteiger partial charge in [-0.3, -0.25) is 0 Å². The second kappa shape index (κ2) is 6.74. The van der Waals surface area contributed by atoms with Gasteiger partial charge in [0, 0.05) is 6.54 Å². The summed E-state index contributed by atoms with van der Waals surface area (Å²) in [5.74, 6) is 1.85. The Kier molecular flexibility index (Phi) is 5.23. The van der Waals surface area contributed by atoms with Crippen LogP contribution < -0.4 is 10.0 Å². The number of nitrogens with one attached hydrogen (secondary N) is 2. The van der Waals surface area contributed by atoms with E-state index in [-0.39, 0.29) is 5.09 Å². The van der Waals surface area contributed by atoms with Gasteiger partial charge in [-0.05, 0) is 43.9 Å². The summed E-state index contributed by atoms with van der Waals surface area (Å²) >= 11 is 0. The quantitative estimate of drug-likeness (QED) is 0.844. The fraction of sp³-hybridized carbons (Fsp3) is 0.714. The number of sulfonamides is 1. The van der Waals surface area contributed by atoms with Crippen LogP contribution in [0.4, 0.5) is 0 Å². The Balaban J connectivity index is 1.90. The highest BCUT2D eigenvalue weighted by molar-refractivity contribution is 7.89. The largest absolute Gasteiger partial charge is 0.447 e. The van der Waals surface area contributed by atoms with Crippen LogP contribution in [-0.4, -0.2) is 22.0 Å². The zero-order valence-corrected chi connectivity index (χ0v) is 13.0. The SMILES string of the molecule is CNCc1ccc(S(=O)(=O)NCC2CCC(C)CC2)o1. The lowest BCUT2D eigenvalue weighted by Crippen LogP contribution is -2.31. The highest BCUT2D eigenvalue weighted by Crippen LogP contribution is 2.28. The van der Waals surface area contributed by atoms with Crippen molar-refractivity contribution < 1.29 is 12.8 Å². The molecule has 0 unspecified atom stereocenters. The minimum atomic E-state index is -3.52. The van der Waals surface area contributed by atoms with Gasteiger partial charge in [-0.1, -0.05) is 19.8 Å². The van der Waals surface area contributed by atoms with Gasteiger partial charge in [0.2, 0.25) is 5.09 Å². The van der Waals surface area contributed by atoms with Gasteiger partial charge >= 0.3 is 0 Å². The van der Waals surface area contributed by atoms with Crippen molar-refractivity contribution in [1.82, 2.24) is 10.0 Å². The van der Waals surface area contributed by atoms with Gasteiger partial charge in [-0.15, -0.1) is 0 Å². The summed E-state index contributed by atoms with van der Waals surface area (Å²) in [5.41, 5.74) is 0. The van der Waals surface area contributed by atoms with E-state index in [2.05, 4.69) is 17.0 Å². The highest BCUT2D eigenvalue weighted by Gasteiger charge is 2.23. The molecular formula is C14H24N2O3S. The maximum Gasteiger partial charge on any atom is 0.273 e. The lowest BCUT2D eigenvalue weighted by Gasteiger charge is -2.25. The molecule has 6 heteroatoms. The maximum absolute atomic E-state index is 12.1. The Morgan fingerprint density at radius 2 is 1.95 bits per heavy atom. The average molecular weight is 300 g/mol. The van der Waals surface area contributed by atoms with Crippen molar-refractivity contribution in [2.45, 2.75) is 44.2 Å². The van der Waals surface area contributed by atoms with E-state index < -0.39 is 10.0 Å². The first kappa shape index (κ1) is 15.5. The van der Waals surface area contributed by atoms with Crippen LogP contribution in [0.1, 0.15) is 38.4 Å². The summed E-state index contributed by atoms with van der Waals surface area (Å²) in [6.07, 6.45) is 4.60. The van der Waals surface area contributed by atoms with E-state index in [4.69, 9.17) is 4.42 Å². The third-order valence-electron chi connectivity index (χ3n) is 3.95. The van der Waals surface area contributed by atoms with E-state index in [1.54, 1.807) is 13.1 Å². The smallest absolute Gasteiger partial charge is 0.273 e. The first-order valence-electron chi connectivity index (χ1n) is 7.24. The predicted octanol–water partition coefficient (Wildman–Crippen LogP) is 2.10. The molecule has 0 saturated heterocycles. The summed E-state index contributed by atoms with van der Waals surface area (Å²) in [5, 5.41) is 2.93. The minimum absolute atomic E-state index is 0.00641. The molecule has 5 nitrogen and oxygen atoms in total. The lowest BCUT2D eigenvalue weighted by atomic mass is 9.83. The van der Waals surface area contributed by atoms with Crippen molar-refractivity contribution in [3.8, 4) is 0 Å². The molecule has 1 aliphatic rings. The van der Waals surface area contributed by atoms with Gasteiger partial charge in [-0.25, -0.2) is 13.1 Å². The normalized spacial score (nSPS) is 23.9. The molecule has 1 saturated carbocycles. The lowest BCUT2D eigenvalue weighted by molar-refractivity contribution is 0.290. The van der Waals surface area contributed by atoms with Crippen LogP contribution in [0.5, 0.6) is 0 Å². The van der Waals surface area contributed by atoms with E-state index in [9.17, 15) is 8.42 Å². The van der Waals surface area contributed by atoms with Crippen LogP contribution >= 0.6 is 0 Å². The van der Waals surface area contributed by atoms with Crippen molar-refractivity contribution in [2.75, 3.05) is 13.6 Å². The fourth-order valence-electron chi connectivity index (χ4n) is 2.60. The van der Waals surface area contributed by atoms with Gasteiger partial charge in [0.1, 0.15) is 5.76 Å². The Morgan fingerprint density at radius 3 is 2.60 bits per heavy atom. The molecule has 1 fully saturated rings. The topological polar surface area (TPSA) is 71.3 Å². The minimum Gasteiger partial charge on any atom is -0.447 e. The zero-order valence-electron chi connectivity index (χ0n) is 12.2. The van der Waals surface area contributed by atoms with Crippen molar-refractivity contribution in [3.63, 3.8) is 0 Å². The second-order valence-electron chi connectivity index (χ2n) is 5.73. The van der Waals surface area contributed by atoms with E-state index in [0.29, 0.717) is 24.8 Å². The van der Waals surface area contributed by atoms with Crippen molar-refractivity contribution in [3.05, 3.63) is 17.9 Å². The number of hydrogen-bond acceptors (Lipinski definition) is 4. The number of hydrogen-bond donors (Lipinski definition) is 2. The van der Waals surface area contributed by atoms with Gasteiger partial charge in [0.05, 0.1) is 6.54 Å². The van der Waals surface area contributed by atoms with Crippen LogP contribution in [0, 0.1) is 11.8 Å². The molecule has 1 heterocycles. The zero-order chi connectivity index (χ0) is 14.6. The molecule has 0 aliphatic heterocycles. The van der Waals surface area contributed by atoms with Gasteiger partial charge in [0.25, 0.3) is 10.0 Å². The van der Waals surface area contributed by atoms with Gasteiger partial charge in [-0.2, -0.15) is 0 Å². The first-order valence-corrected chi connectivity index (χ1v) is 8.72. The molecule has 1 aromatic heterocycles. The summed E-state index contributed by atoms with van der Waals surface area (Å²) in [6, 6.07) is 3.20. The molecule has 20 heavy (non-hydrogen) atoms. The van der Waals surface area contributed by atoms with Crippen LogP contribution in [-0.2, 0) is 16.6 Å². The van der Waals surface area contributed by atoms with E-state index in [1.807, 2.05) is 0 Å². The molecule has 2 N–H and O–H groups in total. The first-order chi connectivity index (χ1) is 9.51. The monoisotopic (exact) mass is 300 g/mol. The Hall–Kier alpha value is -0.850. The molecule has 114 valence electrons. The van der Waals surface area contributed by atoms with Crippen LogP contribution in [0.15, 0.2) is 21.6 Å². The van der Waals surface area contributed by atoms with Crippen molar-refractivity contribution >= 4 is 10.0 Å².